The molecule has 0 aliphatic rings. The summed E-state index contributed by atoms with van der Waals surface area (Å²) in [5.41, 5.74) is 0.694. The van der Waals surface area contributed by atoms with Crippen LogP contribution in [0.1, 0.15) is 6.42 Å². The molecular formula is C12H17N3O3. The summed E-state index contributed by atoms with van der Waals surface area (Å²) in [4.78, 5) is 21.4. The maximum absolute atomic E-state index is 11.5. The number of hydrogen-bond acceptors (Lipinski definition) is 3. The second-order valence-corrected chi connectivity index (χ2v) is 3.53. The SMILES string of the molecule is COc1ccc(NC(=O)NCCCNC=O)cc1. The van der Waals surface area contributed by atoms with Crippen LogP contribution in [0.15, 0.2) is 24.3 Å². The smallest absolute Gasteiger partial charge is 0.319 e. The summed E-state index contributed by atoms with van der Waals surface area (Å²) < 4.78 is 5.01. The van der Waals surface area contributed by atoms with Crippen molar-refractivity contribution < 1.29 is 14.3 Å². The van der Waals surface area contributed by atoms with Gasteiger partial charge in [0, 0.05) is 18.8 Å². The van der Waals surface area contributed by atoms with E-state index < -0.39 is 0 Å². The van der Waals surface area contributed by atoms with E-state index in [4.69, 9.17) is 4.74 Å². The van der Waals surface area contributed by atoms with Gasteiger partial charge in [0.1, 0.15) is 5.75 Å². The fourth-order valence-electron chi connectivity index (χ4n) is 1.30. The first-order valence-corrected chi connectivity index (χ1v) is 5.62. The van der Waals surface area contributed by atoms with Crippen molar-refractivity contribution in [2.45, 2.75) is 6.42 Å². The Morgan fingerprint density at radius 3 is 2.61 bits per heavy atom. The Labute approximate surface area is 106 Å². The van der Waals surface area contributed by atoms with E-state index in [1.54, 1.807) is 31.4 Å². The lowest BCUT2D eigenvalue weighted by atomic mass is 10.3. The largest absolute Gasteiger partial charge is 0.497 e. The van der Waals surface area contributed by atoms with Crippen molar-refractivity contribution in [2.24, 2.45) is 0 Å². The van der Waals surface area contributed by atoms with E-state index in [0.717, 1.165) is 5.75 Å². The minimum absolute atomic E-state index is 0.272. The van der Waals surface area contributed by atoms with Gasteiger partial charge in [-0.05, 0) is 30.7 Å². The van der Waals surface area contributed by atoms with Crippen LogP contribution >= 0.6 is 0 Å². The number of nitrogens with one attached hydrogen (secondary N) is 3. The van der Waals surface area contributed by atoms with Gasteiger partial charge in [-0.1, -0.05) is 0 Å². The normalized spacial score (nSPS) is 9.39. The highest BCUT2D eigenvalue weighted by Crippen LogP contribution is 2.14. The molecule has 0 aromatic heterocycles. The fourth-order valence-corrected chi connectivity index (χ4v) is 1.30. The number of hydrogen-bond donors (Lipinski definition) is 3. The van der Waals surface area contributed by atoms with Crippen LogP contribution in [0.25, 0.3) is 0 Å². The zero-order chi connectivity index (χ0) is 13.2. The van der Waals surface area contributed by atoms with Crippen molar-refractivity contribution in [1.29, 1.82) is 0 Å². The van der Waals surface area contributed by atoms with Crippen LogP contribution in [-0.2, 0) is 4.79 Å². The third-order valence-corrected chi connectivity index (χ3v) is 2.21. The number of amides is 3. The Morgan fingerprint density at radius 1 is 1.28 bits per heavy atom. The Kier molecular flexibility index (Phi) is 6.10. The highest BCUT2D eigenvalue weighted by Gasteiger charge is 2.00. The molecule has 1 aromatic carbocycles. The summed E-state index contributed by atoms with van der Waals surface area (Å²) >= 11 is 0. The molecule has 0 heterocycles. The van der Waals surface area contributed by atoms with E-state index >= 15 is 0 Å². The van der Waals surface area contributed by atoms with Gasteiger partial charge in [0.05, 0.1) is 7.11 Å². The average Bonchev–Trinajstić information content (AvgIpc) is 2.39. The molecule has 0 radical (unpaired) electrons. The van der Waals surface area contributed by atoms with Crippen LogP contribution in [0.4, 0.5) is 10.5 Å². The molecule has 98 valence electrons. The molecule has 1 aromatic rings. The van der Waals surface area contributed by atoms with Gasteiger partial charge in [0.15, 0.2) is 0 Å². The molecule has 0 aliphatic heterocycles. The van der Waals surface area contributed by atoms with Gasteiger partial charge in [-0.3, -0.25) is 4.79 Å². The zero-order valence-electron chi connectivity index (χ0n) is 10.2. The van der Waals surface area contributed by atoms with E-state index in [9.17, 15) is 9.59 Å². The molecular weight excluding hydrogens is 234 g/mol. The van der Waals surface area contributed by atoms with Gasteiger partial charge < -0.3 is 20.7 Å². The first kappa shape index (κ1) is 13.8. The van der Waals surface area contributed by atoms with Gasteiger partial charge in [-0.15, -0.1) is 0 Å². The lowest BCUT2D eigenvalue weighted by Crippen LogP contribution is -2.31. The minimum atomic E-state index is -0.272. The third kappa shape index (κ3) is 5.20. The van der Waals surface area contributed by atoms with Crippen molar-refractivity contribution >= 4 is 18.1 Å². The summed E-state index contributed by atoms with van der Waals surface area (Å²) in [6, 6.07) is 6.78. The molecule has 0 fully saturated rings. The Hall–Kier alpha value is -2.24. The lowest BCUT2D eigenvalue weighted by Gasteiger charge is -2.08. The van der Waals surface area contributed by atoms with Gasteiger partial charge in [0.25, 0.3) is 0 Å². The number of carbonyl (C=O) groups is 2. The summed E-state index contributed by atoms with van der Waals surface area (Å²) in [6.07, 6.45) is 1.33. The van der Waals surface area contributed by atoms with Crippen molar-refractivity contribution in [1.82, 2.24) is 10.6 Å². The standard InChI is InChI=1S/C12H17N3O3/c1-18-11-5-3-10(4-6-11)15-12(17)14-8-2-7-13-9-16/h3-6,9H,2,7-8H2,1H3,(H,13,16)(H2,14,15,17). The molecule has 0 saturated heterocycles. The van der Waals surface area contributed by atoms with Crippen molar-refractivity contribution in [3.63, 3.8) is 0 Å². The molecule has 18 heavy (non-hydrogen) atoms. The van der Waals surface area contributed by atoms with E-state index in [2.05, 4.69) is 16.0 Å². The number of carbonyl (C=O) groups excluding carboxylic acids is 2. The molecule has 1 rings (SSSR count). The number of rotatable bonds is 7. The maximum atomic E-state index is 11.5. The Morgan fingerprint density at radius 2 is 2.00 bits per heavy atom. The van der Waals surface area contributed by atoms with Crippen molar-refractivity contribution in [3.05, 3.63) is 24.3 Å². The first-order valence-electron chi connectivity index (χ1n) is 5.62. The molecule has 0 bridgehead atoms. The number of benzene rings is 1. The van der Waals surface area contributed by atoms with Gasteiger partial charge in [-0.25, -0.2) is 4.79 Å². The summed E-state index contributed by atoms with van der Waals surface area (Å²) in [7, 11) is 1.59. The highest BCUT2D eigenvalue weighted by molar-refractivity contribution is 5.89. The van der Waals surface area contributed by atoms with Crippen LogP contribution in [0.5, 0.6) is 5.75 Å². The number of ether oxygens (including phenoxy) is 1. The monoisotopic (exact) mass is 251 g/mol. The molecule has 0 aliphatic carbocycles. The van der Waals surface area contributed by atoms with Crippen molar-refractivity contribution in [2.75, 3.05) is 25.5 Å². The Balaban J connectivity index is 2.24. The van der Waals surface area contributed by atoms with Gasteiger partial charge in [-0.2, -0.15) is 0 Å². The van der Waals surface area contributed by atoms with E-state index in [-0.39, 0.29) is 6.03 Å². The van der Waals surface area contributed by atoms with Crippen LogP contribution in [0.3, 0.4) is 0 Å². The topological polar surface area (TPSA) is 79.5 Å². The van der Waals surface area contributed by atoms with Gasteiger partial charge >= 0.3 is 6.03 Å². The number of urea groups is 1. The number of methoxy groups -OCH3 is 1. The molecule has 0 unspecified atom stereocenters. The molecule has 0 spiro atoms. The van der Waals surface area contributed by atoms with Crippen LogP contribution in [0.2, 0.25) is 0 Å². The number of anilines is 1. The molecule has 0 atom stereocenters. The Bertz CT molecular complexity index is 379. The van der Waals surface area contributed by atoms with E-state index in [1.165, 1.54) is 0 Å². The van der Waals surface area contributed by atoms with Crippen molar-refractivity contribution in [3.8, 4) is 5.75 Å². The van der Waals surface area contributed by atoms with E-state index in [1.807, 2.05) is 0 Å². The highest BCUT2D eigenvalue weighted by atomic mass is 16.5. The quantitative estimate of drug-likeness (QED) is 0.498. The summed E-state index contributed by atoms with van der Waals surface area (Å²) in [5, 5.41) is 7.89. The summed E-state index contributed by atoms with van der Waals surface area (Å²) in [6.45, 7) is 1.05. The predicted octanol–water partition coefficient (Wildman–Crippen LogP) is 0.953. The van der Waals surface area contributed by atoms with Crippen LogP contribution < -0.4 is 20.7 Å². The van der Waals surface area contributed by atoms with Crippen LogP contribution in [-0.4, -0.2) is 32.6 Å². The minimum Gasteiger partial charge on any atom is -0.497 e. The average molecular weight is 251 g/mol. The lowest BCUT2D eigenvalue weighted by molar-refractivity contribution is -0.109. The molecule has 3 amide bonds. The maximum Gasteiger partial charge on any atom is 0.319 e. The van der Waals surface area contributed by atoms with Crippen LogP contribution in [0, 0.1) is 0 Å². The summed E-state index contributed by atoms with van der Waals surface area (Å²) in [5.74, 6) is 0.737. The zero-order valence-corrected chi connectivity index (χ0v) is 10.2. The second kappa shape index (κ2) is 7.94. The molecule has 6 nitrogen and oxygen atoms in total. The molecule has 3 N–H and O–H groups in total. The van der Waals surface area contributed by atoms with E-state index in [0.29, 0.717) is 31.6 Å². The molecule has 0 saturated carbocycles. The predicted molar refractivity (Wildman–Crippen MR) is 68.7 cm³/mol. The molecule has 6 heteroatoms. The second-order valence-electron chi connectivity index (χ2n) is 3.53. The van der Waals surface area contributed by atoms with Gasteiger partial charge in [0.2, 0.25) is 6.41 Å². The first-order chi connectivity index (χ1) is 8.76. The third-order valence-electron chi connectivity index (χ3n) is 2.21. The fraction of sp³-hybridized carbons (Fsp3) is 0.333.